The fourth-order valence-electron chi connectivity index (χ4n) is 2.49. The van der Waals surface area contributed by atoms with Crippen LogP contribution in [-0.2, 0) is 0 Å². The Morgan fingerprint density at radius 3 is 2.60 bits per heavy atom. The molecule has 2 heterocycles. The van der Waals surface area contributed by atoms with Crippen molar-refractivity contribution in [2.75, 3.05) is 31.6 Å². The maximum Gasteiger partial charge on any atom is 0.293 e. The van der Waals surface area contributed by atoms with Crippen LogP contribution in [0.4, 0.5) is 5.69 Å². The van der Waals surface area contributed by atoms with Crippen LogP contribution in [0.1, 0.15) is 20.9 Å². The van der Waals surface area contributed by atoms with Crippen molar-refractivity contribution in [3.63, 3.8) is 0 Å². The molecule has 0 aliphatic carbocycles. The molecule has 2 aromatic rings. The second-order valence-corrected chi connectivity index (χ2v) is 6.50. The third kappa shape index (κ3) is 4.42. The summed E-state index contributed by atoms with van der Waals surface area (Å²) in [5.74, 6) is 0.183. The van der Waals surface area contributed by atoms with Crippen molar-refractivity contribution in [1.29, 1.82) is 0 Å². The first-order valence-electron chi connectivity index (χ1n) is 7.67. The van der Waals surface area contributed by atoms with Gasteiger partial charge in [-0.25, -0.2) is 0 Å². The number of carbonyl (C=O) groups is 2. The second-order valence-electron chi connectivity index (χ2n) is 5.72. The minimum Gasteiger partial charge on any atom is -0.444 e. The minimum atomic E-state index is -0.316. The highest BCUT2D eigenvalue weighted by Gasteiger charge is 2.23. The number of nitrogens with one attached hydrogen (secondary N) is 2. The van der Waals surface area contributed by atoms with Crippen LogP contribution in [0.3, 0.4) is 0 Å². The molecule has 1 aliphatic heterocycles. The Hall–Kier alpha value is -1.83. The predicted molar refractivity (Wildman–Crippen MR) is 102 cm³/mol. The van der Waals surface area contributed by atoms with Crippen molar-refractivity contribution in [3.8, 4) is 0 Å². The fourth-order valence-corrected chi connectivity index (χ4v) is 2.79. The van der Waals surface area contributed by atoms with Gasteiger partial charge in [0, 0.05) is 32.6 Å². The number of rotatable bonds is 5. The van der Waals surface area contributed by atoms with Gasteiger partial charge in [-0.1, -0.05) is 12.1 Å². The van der Waals surface area contributed by atoms with E-state index in [9.17, 15) is 9.59 Å². The highest BCUT2D eigenvalue weighted by Crippen LogP contribution is 2.23. The van der Waals surface area contributed by atoms with Gasteiger partial charge in [0.1, 0.15) is 0 Å². The van der Waals surface area contributed by atoms with Crippen molar-refractivity contribution in [2.24, 2.45) is 5.92 Å². The van der Waals surface area contributed by atoms with Gasteiger partial charge in [0.2, 0.25) is 0 Å². The number of amides is 2. The Balaban J connectivity index is 0.00000225. The average Bonchev–Trinajstić information content (AvgIpc) is 2.98. The van der Waals surface area contributed by atoms with Crippen molar-refractivity contribution >= 4 is 45.8 Å². The van der Waals surface area contributed by atoms with Gasteiger partial charge in [-0.15, -0.1) is 12.4 Å². The molecule has 1 fully saturated rings. The van der Waals surface area contributed by atoms with Crippen molar-refractivity contribution in [3.05, 3.63) is 52.4 Å². The third-order valence-electron chi connectivity index (χ3n) is 4.02. The van der Waals surface area contributed by atoms with Gasteiger partial charge in [-0.2, -0.15) is 0 Å². The molecule has 25 heavy (non-hydrogen) atoms. The van der Waals surface area contributed by atoms with E-state index < -0.39 is 0 Å². The van der Waals surface area contributed by atoms with Crippen LogP contribution in [0.15, 0.2) is 45.5 Å². The smallest absolute Gasteiger partial charge is 0.293 e. The maximum absolute atomic E-state index is 12.5. The van der Waals surface area contributed by atoms with Gasteiger partial charge in [0.05, 0.1) is 11.3 Å². The van der Waals surface area contributed by atoms with E-state index >= 15 is 0 Å². The topological polar surface area (TPSA) is 74.6 Å². The number of furan rings is 1. The highest BCUT2D eigenvalue weighted by molar-refractivity contribution is 9.10. The summed E-state index contributed by atoms with van der Waals surface area (Å²) in [7, 11) is 1.63. The average molecular weight is 429 g/mol. The molecule has 1 aliphatic rings. The molecule has 3 rings (SSSR count). The molecule has 2 N–H and O–H groups in total. The van der Waals surface area contributed by atoms with E-state index in [1.807, 2.05) is 0 Å². The number of hydrogen-bond donors (Lipinski definition) is 2. The lowest BCUT2D eigenvalue weighted by Gasteiger charge is -2.27. The summed E-state index contributed by atoms with van der Waals surface area (Å²) >= 11 is 3.18. The van der Waals surface area contributed by atoms with E-state index in [4.69, 9.17) is 4.42 Å². The van der Waals surface area contributed by atoms with Gasteiger partial charge in [0.25, 0.3) is 11.8 Å². The molecule has 0 unspecified atom stereocenters. The molecule has 8 heteroatoms. The largest absolute Gasteiger partial charge is 0.444 e. The van der Waals surface area contributed by atoms with Crippen molar-refractivity contribution in [1.82, 2.24) is 10.6 Å². The van der Waals surface area contributed by atoms with Crippen LogP contribution in [-0.4, -0.2) is 38.5 Å². The van der Waals surface area contributed by atoms with E-state index in [0.29, 0.717) is 28.4 Å². The van der Waals surface area contributed by atoms with Crippen molar-refractivity contribution < 1.29 is 14.0 Å². The van der Waals surface area contributed by atoms with Gasteiger partial charge < -0.3 is 20.0 Å². The Morgan fingerprint density at radius 1 is 1.28 bits per heavy atom. The van der Waals surface area contributed by atoms with Crippen LogP contribution >= 0.6 is 28.3 Å². The Morgan fingerprint density at radius 2 is 2.00 bits per heavy atom. The molecule has 0 spiro atoms. The summed E-state index contributed by atoms with van der Waals surface area (Å²) in [5.41, 5.74) is 1.01. The first-order valence-corrected chi connectivity index (χ1v) is 8.47. The molecule has 134 valence electrons. The lowest BCUT2D eigenvalue weighted by molar-refractivity contribution is 0.0942. The Kier molecular flexibility index (Phi) is 6.64. The van der Waals surface area contributed by atoms with Gasteiger partial charge >= 0.3 is 0 Å². The van der Waals surface area contributed by atoms with Crippen LogP contribution < -0.4 is 15.5 Å². The highest BCUT2D eigenvalue weighted by atomic mass is 79.9. The molecule has 6 nitrogen and oxygen atoms in total. The molecular formula is C17H19BrClN3O3. The predicted octanol–water partition coefficient (Wildman–Crippen LogP) is 2.69. The number of carbonyl (C=O) groups excluding carboxylic acids is 2. The van der Waals surface area contributed by atoms with Crippen LogP contribution in [0.5, 0.6) is 0 Å². The summed E-state index contributed by atoms with van der Waals surface area (Å²) in [6, 6.07) is 10.3. The first kappa shape index (κ1) is 19.5. The van der Waals surface area contributed by atoms with E-state index in [1.165, 1.54) is 4.90 Å². The zero-order valence-electron chi connectivity index (χ0n) is 13.6. The third-order valence-corrected chi connectivity index (χ3v) is 4.44. The summed E-state index contributed by atoms with van der Waals surface area (Å²) < 4.78 is 5.79. The van der Waals surface area contributed by atoms with Gasteiger partial charge in [-0.05, 0) is 40.2 Å². The van der Waals surface area contributed by atoms with E-state index in [1.54, 1.807) is 43.4 Å². The van der Waals surface area contributed by atoms with E-state index in [-0.39, 0.29) is 30.0 Å². The molecular weight excluding hydrogens is 410 g/mol. The second kappa shape index (κ2) is 8.51. The number of anilines is 1. The number of benzene rings is 1. The molecule has 0 radical (unpaired) electrons. The Bertz CT molecular complexity index is 761. The standard InChI is InChI=1S/C17H18BrN3O3.ClH/c1-21(17(23)14-6-7-15(18)24-14)13-5-3-2-4-12(13)16(22)20-10-11-8-19-9-11;/h2-7,11,19H,8-10H2,1H3,(H,20,22);1H. The SMILES string of the molecule is CN(C(=O)c1ccc(Br)o1)c1ccccc1C(=O)NCC1CNC1.Cl. The molecule has 1 aromatic heterocycles. The number of nitrogens with zero attached hydrogens (tertiary/aromatic N) is 1. The molecule has 1 aromatic carbocycles. The van der Waals surface area contributed by atoms with Crippen LogP contribution in [0.25, 0.3) is 0 Å². The minimum absolute atomic E-state index is 0. The normalized spacial score (nSPS) is 13.5. The summed E-state index contributed by atoms with van der Waals surface area (Å²) in [6.45, 7) is 2.48. The fraction of sp³-hybridized carbons (Fsp3) is 0.294. The molecule has 0 atom stereocenters. The molecule has 1 saturated heterocycles. The molecule has 0 bridgehead atoms. The lowest BCUT2D eigenvalue weighted by Crippen LogP contribution is -2.48. The van der Waals surface area contributed by atoms with Crippen molar-refractivity contribution in [2.45, 2.75) is 0 Å². The zero-order chi connectivity index (χ0) is 17.1. The van der Waals surface area contributed by atoms with Crippen LogP contribution in [0, 0.1) is 5.92 Å². The zero-order valence-corrected chi connectivity index (χ0v) is 16.0. The quantitative estimate of drug-likeness (QED) is 0.768. The monoisotopic (exact) mass is 427 g/mol. The summed E-state index contributed by atoms with van der Waals surface area (Å²) in [4.78, 5) is 26.4. The molecule has 0 saturated carbocycles. The molecule has 2 amide bonds. The van der Waals surface area contributed by atoms with E-state index in [0.717, 1.165) is 13.1 Å². The Labute approximate surface area is 160 Å². The first-order chi connectivity index (χ1) is 11.6. The van der Waals surface area contributed by atoms with E-state index in [2.05, 4.69) is 26.6 Å². The maximum atomic E-state index is 12.5. The summed E-state index contributed by atoms with van der Waals surface area (Å²) in [5, 5.41) is 6.10. The van der Waals surface area contributed by atoms with Crippen LogP contribution in [0.2, 0.25) is 0 Å². The number of para-hydroxylation sites is 1. The number of hydrogen-bond acceptors (Lipinski definition) is 4. The van der Waals surface area contributed by atoms with Gasteiger partial charge in [-0.3, -0.25) is 9.59 Å². The number of halogens is 2. The van der Waals surface area contributed by atoms with Gasteiger partial charge in [0.15, 0.2) is 10.4 Å². The summed E-state index contributed by atoms with van der Waals surface area (Å²) in [6.07, 6.45) is 0. The lowest BCUT2D eigenvalue weighted by atomic mass is 10.0.